The number of hydrogen-bond acceptors (Lipinski definition) is 0. The summed E-state index contributed by atoms with van der Waals surface area (Å²) in [6, 6.07) is 62.3. The van der Waals surface area contributed by atoms with Gasteiger partial charge in [-0.25, -0.2) is 0 Å². The van der Waals surface area contributed by atoms with Crippen LogP contribution in [0.1, 0.15) is 43.2 Å². The molecule has 0 saturated heterocycles. The van der Waals surface area contributed by atoms with E-state index in [1.54, 1.807) is 11.1 Å². The van der Waals surface area contributed by atoms with Crippen molar-refractivity contribution in [2.75, 3.05) is 0 Å². The highest BCUT2D eigenvalue weighted by atomic mass is 15.0. The lowest BCUT2D eigenvalue weighted by Gasteiger charge is -2.61. The average molecular weight is 704 g/mol. The Morgan fingerprint density at radius 1 is 0.400 bits per heavy atom. The number of benzene rings is 8. The summed E-state index contributed by atoms with van der Waals surface area (Å²) in [4.78, 5) is 0. The van der Waals surface area contributed by atoms with Crippen molar-refractivity contribution in [1.82, 2.24) is 4.57 Å². The minimum absolute atomic E-state index is 0.150. The van der Waals surface area contributed by atoms with Crippen LogP contribution in [-0.4, -0.2) is 4.57 Å². The predicted octanol–water partition coefficient (Wildman–Crippen LogP) is 14.1. The quantitative estimate of drug-likeness (QED) is 0.173. The third kappa shape index (κ3) is 4.09. The van der Waals surface area contributed by atoms with Crippen LogP contribution in [0, 0.1) is 23.7 Å². The summed E-state index contributed by atoms with van der Waals surface area (Å²) >= 11 is 0. The lowest BCUT2D eigenvalue weighted by Crippen LogP contribution is -2.55. The highest BCUT2D eigenvalue weighted by Crippen LogP contribution is 2.69. The molecule has 0 N–H and O–H groups in total. The Kier molecular flexibility index (Phi) is 6.13. The van der Waals surface area contributed by atoms with Gasteiger partial charge in [0.15, 0.2) is 0 Å². The second-order valence-corrected chi connectivity index (χ2v) is 17.3. The summed E-state index contributed by atoms with van der Waals surface area (Å²) in [7, 11) is 0. The van der Waals surface area contributed by atoms with E-state index >= 15 is 0 Å². The first-order valence-corrected chi connectivity index (χ1v) is 20.5. The SMILES string of the molecule is c1cc(-c2ccc(-c3cccc4ccccc34)cc2)cc(-n2c3cc4c(cc3c3ccc5ccccc5c32)C2(c3ccccc3-4)C3CC4CC(C3)CC2C4)c1. The van der Waals surface area contributed by atoms with Gasteiger partial charge in [0, 0.05) is 27.3 Å². The summed E-state index contributed by atoms with van der Waals surface area (Å²) in [5.41, 5.74) is 15.2. The molecule has 1 heteroatoms. The normalized spacial score (nSPS) is 23.3. The highest BCUT2D eigenvalue weighted by Gasteiger charge is 2.61. The van der Waals surface area contributed by atoms with Crippen molar-refractivity contribution in [3.05, 3.63) is 175 Å². The largest absolute Gasteiger partial charge is 0.309 e. The van der Waals surface area contributed by atoms with Gasteiger partial charge < -0.3 is 4.57 Å². The lowest BCUT2D eigenvalue weighted by atomic mass is 9.43. The van der Waals surface area contributed by atoms with E-state index in [-0.39, 0.29) is 5.41 Å². The lowest BCUT2D eigenvalue weighted by molar-refractivity contribution is -0.0399. The van der Waals surface area contributed by atoms with Crippen molar-refractivity contribution in [3.8, 4) is 39.1 Å². The molecule has 1 spiro atoms. The van der Waals surface area contributed by atoms with E-state index in [4.69, 9.17) is 0 Å². The van der Waals surface area contributed by atoms with Crippen LogP contribution in [0.25, 0.3) is 82.4 Å². The maximum absolute atomic E-state index is 2.69. The van der Waals surface area contributed by atoms with Crippen molar-refractivity contribution < 1.29 is 0 Å². The topological polar surface area (TPSA) is 4.93 Å². The number of fused-ring (bicyclic) bond motifs is 9. The van der Waals surface area contributed by atoms with Crippen LogP contribution in [-0.2, 0) is 5.41 Å². The van der Waals surface area contributed by atoms with Crippen LogP contribution < -0.4 is 0 Å². The Morgan fingerprint density at radius 3 is 1.87 bits per heavy atom. The molecular formula is C54H41N. The molecule has 0 amide bonds. The van der Waals surface area contributed by atoms with Crippen LogP contribution in [0.2, 0.25) is 0 Å². The molecule has 8 aromatic carbocycles. The molecule has 0 unspecified atom stereocenters. The Balaban J connectivity index is 1.02. The second-order valence-electron chi connectivity index (χ2n) is 17.3. The van der Waals surface area contributed by atoms with E-state index in [1.165, 1.54) is 115 Å². The molecule has 1 heterocycles. The number of hydrogen-bond donors (Lipinski definition) is 0. The monoisotopic (exact) mass is 703 g/mol. The van der Waals surface area contributed by atoms with Gasteiger partial charge >= 0.3 is 0 Å². The summed E-state index contributed by atoms with van der Waals surface area (Å²) in [5, 5.41) is 7.92. The first-order valence-electron chi connectivity index (χ1n) is 20.5. The standard InChI is InChI=1S/C54H41N/c1-3-14-43-36(9-1)11-8-17-44(43)38-21-19-35(20-22-38)39-12-7-13-42(30-39)55-52-32-48-46-16-5-6-18-50(46)54(40-26-33-25-34(28-40)29-41(54)27-33)51(48)31-49(52)47-24-23-37-10-2-4-15-45(37)53(47)55/h1-24,30-34,40-41H,25-29H2. The van der Waals surface area contributed by atoms with Crippen molar-refractivity contribution >= 4 is 43.4 Å². The molecule has 262 valence electrons. The highest BCUT2D eigenvalue weighted by molar-refractivity contribution is 6.19. The molecule has 0 atom stereocenters. The smallest absolute Gasteiger partial charge is 0.0619 e. The predicted molar refractivity (Wildman–Crippen MR) is 230 cm³/mol. The van der Waals surface area contributed by atoms with Crippen molar-refractivity contribution in [1.29, 1.82) is 0 Å². The zero-order chi connectivity index (χ0) is 35.8. The third-order valence-corrected chi connectivity index (χ3v) is 14.7. The molecule has 0 aliphatic heterocycles. The number of aromatic nitrogens is 1. The Bertz CT molecular complexity index is 3020. The second kappa shape index (κ2) is 11.1. The Labute approximate surface area is 321 Å². The fourth-order valence-electron chi connectivity index (χ4n) is 12.8. The van der Waals surface area contributed by atoms with Gasteiger partial charge in [0.1, 0.15) is 0 Å². The van der Waals surface area contributed by atoms with E-state index in [0.717, 1.165) is 23.7 Å². The fourth-order valence-corrected chi connectivity index (χ4v) is 12.8. The first-order chi connectivity index (χ1) is 27.2. The molecule has 1 aromatic heterocycles. The molecule has 4 fully saturated rings. The molecule has 5 aliphatic rings. The molecule has 5 aliphatic carbocycles. The van der Waals surface area contributed by atoms with Gasteiger partial charge in [-0.1, -0.05) is 140 Å². The van der Waals surface area contributed by atoms with Crippen LogP contribution in [0.3, 0.4) is 0 Å². The number of nitrogens with zero attached hydrogens (tertiary/aromatic N) is 1. The molecule has 55 heavy (non-hydrogen) atoms. The first kappa shape index (κ1) is 30.4. The van der Waals surface area contributed by atoms with Crippen molar-refractivity contribution in [2.45, 2.75) is 37.5 Å². The third-order valence-electron chi connectivity index (χ3n) is 14.7. The van der Waals surface area contributed by atoms with E-state index in [9.17, 15) is 0 Å². The van der Waals surface area contributed by atoms with Gasteiger partial charge in [0.25, 0.3) is 0 Å². The molecular weight excluding hydrogens is 663 g/mol. The maximum Gasteiger partial charge on any atom is 0.0619 e. The van der Waals surface area contributed by atoms with Crippen LogP contribution >= 0.6 is 0 Å². The summed E-state index contributed by atoms with van der Waals surface area (Å²) in [6.45, 7) is 0. The van der Waals surface area contributed by atoms with Crippen LogP contribution in [0.5, 0.6) is 0 Å². The molecule has 4 bridgehead atoms. The average Bonchev–Trinajstić information content (AvgIpc) is 3.72. The summed E-state index contributed by atoms with van der Waals surface area (Å²) < 4.78 is 2.59. The molecule has 4 saturated carbocycles. The van der Waals surface area contributed by atoms with Gasteiger partial charge in [-0.2, -0.15) is 0 Å². The molecule has 1 nitrogen and oxygen atoms in total. The van der Waals surface area contributed by atoms with Gasteiger partial charge in [0.05, 0.1) is 11.0 Å². The Hall–Kier alpha value is -5.92. The van der Waals surface area contributed by atoms with E-state index < -0.39 is 0 Å². The van der Waals surface area contributed by atoms with E-state index in [0.29, 0.717) is 0 Å². The molecule has 9 aromatic rings. The summed E-state index contributed by atoms with van der Waals surface area (Å²) in [5.74, 6) is 3.37. The zero-order valence-corrected chi connectivity index (χ0v) is 30.9. The zero-order valence-electron chi connectivity index (χ0n) is 30.9. The van der Waals surface area contributed by atoms with E-state index in [1.807, 2.05) is 0 Å². The molecule has 0 radical (unpaired) electrons. The van der Waals surface area contributed by atoms with Gasteiger partial charge in [-0.3, -0.25) is 0 Å². The minimum atomic E-state index is 0.150. The fraction of sp³-hybridized carbons (Fsp3) is 0.185. The maximum atomic E-state index is 2.69. The summed E-state index contributed by atoms with van der Waals surface area (Å²) in [6.07, 6.45) is 7.09. The number of rotatable bonds is 3. The van der Waals surface area contributed by atoms with Crippen LogP contribution in [0.15, 0.2) is 164 Å². The van der Waals surface area contributed by atoms with Gasteiger partial charge in [-0.15, -0.1) is 0 Å². The van der Waals surface area contributed by atoms with Crippen LogP contribution in [0.4, 0.5) is 0 Å². The Morgan fingerprint density at radius 2 is 1.05 bits per heavy atom. The minimum Gasteiger partial charge on any atom is -0.309 e. The molecule has 14 rings (SSSR count). The van der Waals surface area contributed by atoms with Gasteiger partial charge in [0.2, 0.25) is 0 Å². The van der Waals surface area contributed by atoms with Crippen molar-refractivity contribution in [3.63, 3.8) is 0 Å². The van der Waals surface area contributed by atoms with Gasteiger partial charge in [-0.05, 0) is 141 Å². The van der Waals surface area contributed by atoms with Crippen molar-refractivity contribution in [2.24, 2.45) is 23.7 Å². The van der Waals surface area contributed by atoms with E-state index in [2.05, 4.69) is 168 Å².